The summed E-state index contributed by atoms with van der Waals surface area (Å²) >= 11 is 1.44. The molecule has 1 amide bonds. The first-order chi connectivity index (χ1) is 14.1. The first-order valence-corrected chi connectivity index (χ1v) is 10.5. The lowest BCUT2D eigenvalue weighted by Crippen LogP contribution is -2.38. The molecule has 0 aliphatic rings. The van der Waals surface area contributed by atoms with Crippen LogP contribution in [0.15, 0.2) is 40.7 Å². The molecule has 0 atom stereocenters. The lowest BCUT2D eigenvalue weighted by molar-refractivity contribution is 0.0957. The Bertz CT molecular complexity index is 800. The van der Waals surface area contributed by atoms with Gasteiger partial charge in [0.15, 0.2) is 5.96 Å². The Hall–Kier alpha value is -2.01. The zero-order chi connectivity index (χ0) is 21.1. The number of nitrogens with one attached hydrogen (secondary N) is 2. The van der Waals surface area contributed by atoms with Crippen molar-refractivity contribution in [1.82, 2.24) is 15.5 Å². The molecule has 2 N–H and O–H groups in total. The number of rotatable bonds is 10. The number of nitrogens with zero attached hydrogens (tertiary/aromatic N) is 2. The quantitative estimate of drug-likeness (QED) is 0.206. The van der Waals surface area contributed by atoms with Crippen molar-refractivity contribution in [3.63, 3.8) is 0 Å². The fourth-order valence-electron chi connectivity index (χ4n) is 2.74. The summed E-state index contributed by atoms with van der Waals surface area (Å²) in [5.41, 5.74) is 1.05. The highest BCUT2D eigenvalue weighted by atomic mass is 127. The number of guanidine groups is 1. The molecule has 1 aromatic heterocycles. The molecule has 2 rings (SSSR count). The summed E-state index contributed by atoms with van der Waals surface area (Å²) in [6, 6.07) is 9.50. The van der Waals surface area contributed by atoms with E-state index in [2.05, 4.69) is 20.5 Å². The predicted octanol–water partition coefficient (Wildman–Crippen LogP) is 3.60. The van der Waals surface area contributed by atoms with Crippen molar-refractivity contribution < 1.29 is 14.3 Å². The van der Waals surface area contributed by atoms with E-state index in [9.17, 15) is 4.79 Å². The van der Waals surface area contributed by atoms with Crippen LogP contribution in [0.1, 0.15) is 28.6 Å². The fraction of sp³-hybridized carbons (Fsp3) is 0.429. The van der Waals surface area contributed by atoms with Gasteiger partial charge in [-0.25, -0.2) is 0 Å². The summed E-state index contributed by atoms with van der Waals surface area (Å²) in [4.78, 5) is 19.4. The highest BCUT2D eigenvalue weighted by Gasteiger charge is 2.11. The van der Waals surface area contributed by atoms with Gasteiger partial charge in [0, 0.05) is 44.9 Å². The summed E-state index contributed by atoms with van der Waals surface area (Å²) in [7, 11) is 5.28. The van der Waals surface area contributed by atoms with Gasteiger partial charge in [0.2, 0.25) is 0 Å². The van der Waals surface area contributed by atoms with Crippen LogP contribution in [0.25, 0.3) is 0 Å². The maximum absolute atomic E-state index is 11.9. The molecule has 30 heavy (non-hydrogen) atoms. The topological polar surface area (TPSA) is 75.2 Å². The van der Waals surface area contributed by atoms with Gasteiger partial charge >= 0.3 is 0 Å². The monoisotopic (exact) mass is 546 g/mol. The Morgan fingerprint density at radius 3 is 2.63 bits per heavy atom. The molecule has 1 aromatic carbocycles. The minimum absolute atomic E-state index is 0. The number of aliphatic imine (C=N–C) groups is 1. The second-order valence-electron chi connectivity index (χ2n) is 6.36. The van der Waals surface area contributed by atoms with Crippen LogP contribution >= 0.6 is 35.3 Å². The Morgan fingerprint density at radius 1 is 1.20 bits per heavy atom. The molecule has 0 bridgehead atoms. The molecule has 0 fully saturated rings. The minimum Gasteiger partial charge on any atom is -0.497 e. The van der Waals surface area contributed by atoms with Crippen molar-refractivity contribution in [3.05, 3.63) is 46.2 Å². The van der Waals surface area contributed by atoms with E-state index in [4.69, 9.17) is 9.47 Å². The van der Waals surface area contributed by atoms with Gasteiger partial charge in [-0.1, -0.05) is 6.07 Å². The standard InChI is InChI=1S/C21H30N4O3S.HI/c1-5-22-21(24-12-7-11-23-20(26)19-8-6-13-29-19)25(2)15-16-9-10-17(27-3)14-18(16)28-4;/h6,8-10,13-14H,5,7,11-12,15H2,1-4H3,(H,22,24)(H,23,26);1H. The van der Waals surface area contributed by atoms with E-state index in [1.54, 1.807) is 14.2 Å². The van der Waals surface area contributed by atoms with Gasteiger partial charge in [-0.2, -0.15) is 0 Å². The number of carbonyl (C=O) groups is 1. The van der Waals surface area contributed by atoms with Gasteiger partial charge in [-0.05, 0) is 36.9 Å². The smallest absolute Gasteiger partial charge is 0.261 e. The van der Waals surface area contributed by atoms with Gasteiger partial charge in [-0.3, -0.25) is 9.79 Å². The maximum atomic E-state index is 11.9. The normalized spacial score (nSPS) is 10.7. The van der Waals surface area contributed by atoms with Crippen LogP contribution in [0, 0.1) is 0 Å². The lowest BCUT2D eigenvalue weighted by Gasteiger charge is -2.23. The van der Waals surface area contributed by atoms with Gasteiger partial charge in [-0.15, -0.1) is 35.3 Å². The van der Waals surface area contributed by atoms with Crippen LogP contribution in [0.5, 0.6) is 11.5 Å². The van der Waals surface area contributed by atoms with Crippen LogP contribution in [-0.2, 0) is 6.54 Å². The number of ether oxygens (including phenoxy) is 2. The third-order valence-corrected chi connectivity index (χ3v) is 5.09. The SMILES string of the molecule is CCNC(=NCCCNC(=O)c1cccs1)N(C)Cc1ccc(OC)cc1OC.I. The third-order valence-electron chi connectivity index (χ3n) is 4.23. The summed E-state index contributed by atoms with van der Waals surface area (Å²) in [6.07, 6.45) is 0.770. The average molecular weight is 546 g/mol. The number of amides is 1. The molecule has 0 aliphatic heterocycles. The molecule has 166 valence electrons. The van der Waals surface area contributed by atoms with Gasteiger partial charge in [0.05, 0.1) is 19.1 Å². The van der Waals surface area contributed by atoms with Crippen LogP contribution in [0.4, 0.5) is 0 Å². The summed E-state index contributed by atoms with van der Waals surface area (Å²) in [5, 5.41) is 8.13. The number of carbonyl (C=O) groups excluding carboxylic acids is 1. The second kappa shape index (κ2) is 14.1. The molecule has 2 aromatic rings. The largest absolute Gasteiger partial charge is 0.497 e. The zero-order valence-corrected chi connectivity index (χ0v) is 21.1. The third kappa shape index (κ3) is 8.02. The number of halogens is 1. The predicted molar refractivity (Wildman–Crippen MR) is 134 cm³/mol. The molecule has 9 heteroatoms. The molecular formula is C21H31IN4O3S. The van der Waals surface area contributed by atoms with Gasteiger partial charge in [0.1, 0.15) is 11.5 Å². The number of hydrogen-bond acceptors (Lipinski definition) is 5. The highest BCUT2D eigenvalue weighted by molar-refractivity contribution is 14.0. The van der Waals surface area contributed by atoms with Crippen molar-refractivity contribution in [2.24, 2.45) is 4.99 Å². The van der Waals surface area contributed by atoms with Crippen LogP contribution in [-0.4, -0.2) is 57.7 Å². The molecule has 0 spiro atoms. The minimum atomic E-state index is -0.0281. The van der Waals surface area contributed by atoms with Crippen LogP contribution < -0.4 is 20.1 Å². The average Bonchev–Trinajstić information content (AvgIpc) is 3.27. The highest BCUT2D eigenvalue weighted by Crippen LogP contribution is 2.25. The Labute approximate surface area is 199 Å². The van der Waals surface area contributed by atoms with E-state index in [0.717, 1.165) is 40.9 Å². The number of thiophene rings is 1. The molecule has 0 saturated carbocycles. The summed E-state index contributed by atoms with van der Waals surface area (Å²) < 4.78 is 10.7. The van der Waals surface area contributed by atoms with Crippen molar-refractivity contribution in [3.8, 4) is 11.5 Å². The molecule has 1 heterocycles. The number of benzene rings is 1. The molecule has 0 unspecified atom stereocenters. The van der Waals surface area contributed by atoms with E-state index in [-0.39, 0.29) is 29.9 Å². The molecule has 0 radical (unpaired) electrons. The Morgan fingerprint density at radius 2 is 2.00 bits per heavy atom. The van der Waals surface area contributed by atoms with E-state index in [1.165, 1.54) is 11.3 Å². The van der Waals surface area contributed by atoms with Crippen molar-refractivity contribution in [1.29, 1.82) is 0 Å². The Kier molecular flexibility index (Phi) is 12.2. The Balaban J connectivity index is 0.00000450. The first kappa shape index (κ1) is 26.0. The van der Waals surface area contributed by atoms with Crippen LogP contribution in [0.3, 0.4) is 0 Å². The van der Waals surface area contributed by atoms with Crippen LogP contribution in [0.2, 0.25) is 0 Å². The van der Waals surface area contributed by atoms with E-state index in [0.29, 0.717) is 19.6 Å². The van der Waals surface area contributed by atoms with E-state index in [1.807, 2.05) is 49.7 Å². The van der Waals surface area contributed by atoms with Crippen molar-refractivity contribution in [2.75, 3.05) is 40.9 Å². The molecule has 0 aliphatic carbocycles. The molecule has 0 saturated heterocycles. The molecule has 7 nitrogen and oxygen atoms in total. The summed E-state index contributed by atoms with van der Waals surface area (Å²) in [6.45, 7) is 4.68. The van der Waals surface area contributed by atoms with E-state index >= 15 is 0 Å². The second-order valence-corrected chi connectivity index (χ2v) is 7.30. The maximum Gasteiger partial charge on any atom is 0.261 e. The van der Waals surface area contributed by atoms with Crippen molar-refractivity contribution in [2.45, 2.75) is 19.9 Å². The summed E-state index contributed by atoms with van der Waals surface area (Å²) in [5.74, 6) is 2.33. The number of hydrogen-bond donors (Lipinski definition) is 2. The zero-order valence-electron chi connectivity index (χ0n) is 17.9. The first-order valence-electron chi connectivity index (χ1n) is 9.61. The number of methoxy groups -OCH3 is 2. The van der Waals surface area contributed by atoms with E-state index < -0.39 is 0 Å². The van der Waals surface area contributed by atoms with Gasteiger partial charge in [0.25, 0.3) is 5.91 Å². The molecular weight excluding hydrogens is 515 g/mol. The van der Waals surface area contributed by atoms with Gasteiger partial charge < -0.3 is 25.0 Å². The van der Waals surface area contributed by atoms with Crippen molar-refractivity contribution >= 4 is 47.2 Å². The fourth-order valence-corrected chi connectivity index (χ4v) is 3.38. The lowest BCUT2D eigenvalue weighted by atomic mass is 10.2.